The summed E-state index contributed by atoms with van der Waals surface area (Å²) in [6.07, 6.45) is 1.76. The van der Waals surface area contributed by atoms with Gasteiger partial charge in [-0.1, -0.05) is 34.4 Å². The van der Waals surface area contributed by atoms with Crippen molar-refractivity contribution in [3.63, 3.8) is 0 Å². The largest absolute Gasteiger partial charge is 0.367 e. The van der Waals surface area contributed by atoms with Gasteiger partial charge in [0.2, 0.25) is 0 Å². The molecule has 0 saturated carbocycles. The van der Waals surface area contributed by atoms with Crippen LogP contribution in [0.3, 0.4) is 0 Å². The van der Waals surface area contributed by atoms with Gasteiger partial charge in [0.1, 0.15) is 22.8 Å². The Balaban J connectivity index is 1.39. The molecule has 1 aliphatic heterocycles. The number of benzene rings is 2. The molecule has 33 heavy (non-hydrogen) atoms. The number of aryl methyl sites for hydroxylation is 1. The fraction of sp³-hybridized carbons (Fsp3) is 0.208. The van der Waals surface area contributed by atoms with Crippen molar-refractivity contribution >= 4 is 45.7 Å². The van der Waals surface area contributed by atoms with Crippen molar-refractivity contribution in [2.75, 3.05) is 31.1 Å². The van der Waals surface area contributed by atoms with Crippen LogP contribution in [-0.2, 0) is 0 Å². The third-order valence-electron chi connectivity index (χ3n) is 5.87. The predicted octanol–water partition coefficient (Wildman–Crippen LogP) is 5.61. The van der Waals surface area contributed by atoms with E-state index in [1.54, 1.807) is 24.1 Å². The molecule has 0 bridgehead atoms. The van der Waals surface area contributed by atoms with E-state index in [2.05, 4.69) is 15.0 Å². The molecule has 0 unspecified atom stereocenters. The highest BCUT2D eigenvalue weighted by Crippen LogP contribution is 2.34. The predicted molar refractivity (Wildman–Crippen MR) is 127 cm³/mol. The molecule has 0 spiro atoms. The second kappa shape index (κ2) is 8.65. The summed E-state index contributed by atoms with van der Waals surface area (Å²) in [5, 5.41) is 5.77. The number of fused-ring (bicyclic) bond motifs is 1. The molecular weight excluding hydrogens is 466 g/mol. The van der Waals surface area contributed by atoms with Crippen LogP contribution in [0.5, 0.6) is 0 Å². The third-order valence-corrected chi connectivity index (χ3v) is 6.42. The Kier molecular flexibility index (Phi) is 5.68. The number of rotatable bonds is 3. The third kappa shape index (κ3) is 3.92. The molecule has 0 radical (unpaired) electrons. The van der Waals surface area contributed by atoms with Crippen LogP contribution in [0.15, 0.2) is 53.2 Å². The number of pyridine rings is 1. The van der Waals surface area contributed by atoms with Gasteiger partial charge in [0.05, 0.1) is 16.1 Å². The second-order valence-electron chi connectivity index (χ2n) is 7.83. The average Bonchev–Trinajstić information content (AvgIpc) is 3.19. The van der Waals surface area contributed by atoms with Gasteiger partial charge in [0.15, 0.2) is 0 Å². The Morgan fingerprint density at radius 1 is 1.09 bits per heavy atom. The average molecular weight is 485 g/mol. The van der Waals surface area contributed by atoms with Crippen LogP contribution in [0.1, 0.15) is 16.1 Å². The summed E-state index contributed by atoms with van der Waals surface area (Å²) in [5.41, 5.74) is 2.30. The summed E-state index contributed by atoms with van der Waals surface area (Å²) < 4.78 is 19.8. The van der Waals surface area contributed by atoms with Crippen molar-refractivity contribution in [2.24, 2.45) is 0 Å². The monoisotopic (exact) mass is 484 g/mol. The lowest BCUT2D eigenvalue weighted by Crippen LogP contribution is -2.49. The number of carbonyl (C=O) groups is 1. The summed E-state index contributed by atoms with van der Waals surface area (Å²) in [6, 6.07) is 12.0. The minimum Gasteiger partial charge on any atom is -0.367 e. The Morgan fingerprint density at radius 3 is 2.64 bits per heavy atom. The van der Waals surface area contributed by atoms with Gasteiger partial charge in [0.25, 0.3) is 5.91 Å². The maximum Gasteiger partial charge on any atom is 0.259 e. The molecule has 2 aromatic heterocycles. The van der Waals surface area contributed by atoms with Crippen LogP contribution in [0.2, 0.25) is 10.0 Å². The summed E-state index contributed by atoms with van der Waals surface area (Å²) in [6.45, 7) is 3.89. The molecule has 0 atom stereocenters. The molecule has 0 N–H and O–H groups in total. The molecule has 168 valence electrons. The zero-order valence-electron chi connectivity index (χ0n) is 17.7. The number of nitrogens with zero attached hydrogens (tertiary/aromatic N) is 4. The highest BCUT2D eigenvalue weighted by Gasteiger charge is 2.30. The van der Waals surface area contributed by atoms with E-state index in [1.165, 1.54) is 12.1 Å². The van der Waals surface area contributed by atoms with Crippen molar-refractivity contribution < 1.29 is 13.7 Å². The van der Waals surface area contributed by atoms with Gasteiger partial charge in [-0.3, -0.25) is 9.78 Å². The maximum absolute atomic E-state index is 14.5. The number of piperazine rings is 1. The Morgan fingerprint density at radius 2 is 1.88 bits per heavy atom. The molecular formula is C24H19Cl2FN4O2. The molecule has 1 aliphatic rings. The highest BCUT2D eigenvalue weighted by molar-refractivity contribution is 6.33. The molecule has 1 amide bonds. The molecule has 1 fully saturated rings. The van der Waals surface area contributed by atoms with Gasteiger partial charge in [0, 0.05) is 48.5 Å². The number of halogens is 3. The van der Waals surface area contributed by atoms with Gasteiger partial charge in [-0.2, -0.15) is 0 Å². The van der Waals surface area contributed by atoms with E-state index < -0.39 is 5.82 Å². The first-order valence-corrected chi connectivity index (χ1v) is 11.2. The minimum atomic E-state index is -0.556. The van der Waals surface area contributed by atoms with E-state index in [0.717, 1.165) is 16.6 Å². The van der Waals surface area contributed by atoms with Crippen LogP contribution >= 0.6 is 23.2 Å². The van der Waals surface area contributed by atoms with Gasteiger partial charge < -0.3 is 14.3 Å². The van der Waals surface area contributed by atoms with Crippen LogP contribution in [0.25, 0.3) is 22.2 Å². The van der Waals surface area contributed by atoms with E-state index in [9.17, 15) is 9.18 Å². The van der Waals surface area contributed by atoms with Crippen molar-refractivity contribution in [2.45, 2.75) is 6.92 Å². The molecule has 4 aromatic rings. The van der Waals surface area contributed by atoms with Gasteiger partial charge in [-0.25, -0.2) is 4.39 Å². The quantitative estimate of drug-likeness (QED) is 0.378. The molecule has 3 heterocycles. The van der Waals surface area contributed by atoms with E-state index >= 15 is 0 Å². The summed E-state index contributed by atoms with van der Waals surface area (Å²) in [5.74, 6) is -0.484. The molecule has 1 saturated heterocycles. The first-order valence-electron chi connectivity index (χ1n) is 10.4. The van der Waals surface area contributed by atoms with Crippen molar-refractivity contribution in [1.82, 2.24) is 15.0 Å². The van der Waals surface area contributed by atoms with Crippen molar-refractivity contribution in [3.8, 4) is 11.3 Å². The second-order valence-corrected chi connectivity index (χ2v) is 8.67. The zero-order valence-corrected chi connectivity index (χ0v) is 19.2. The van der Waals surface area contributed by atoms with Crippen LogP contribution < -0.4 is 4.90 Å². The normalized spacial score (nSPS) is 14.2. The number of aromatic nitrogens is 2. The number of anilines is 1. The fourth-order valence-electron chi connectivity index (χ4n) is 4.21. The molecule has 0 aliphatic carbocycles. The van der Waals surface area contributed by atoms with E-state index in [0.29, 0.717) is 37.0 Å². The number of hydrogen-bond acceptors (Lipinski definition) is 5. The molecule has 9 heteroatoms. The smallest absolute Gasteiger partial charge is 0.259 e. The summed E-state index contributed by atoms with van der Waals surface area (Å²) in [4.78, 5) is 21.8. The van der Waals surface area contributed by atoms with E-state index in [4.69, 9.17) is 27.7 Å². The fourth-order valence-corrected chi connectivity index (χ4v) is 4.63. The van der Waals surface area contributed by atoms with Crippen LogP contribution in [0, 0.1) is 12.7 Å². The topological polar surface area (TPSA) is 62.5 Å². The maximum atomic E-state index is 14.5. The summed E-state index contributed by atoms with van der Waals surface area (Å²) in [7, 11) is 0. The SMILES string of the molecule is Cc1onc(-c2c(F)cccc2Cl)c1C(=O)N1CCN(c2ccnc3cc(Cl)ccc23)CC1. The molecule has 5 rings (SSSR count). The Hall–Kier alpha value is -3.16. The van der Waals surface area contributed by atoms with Gasteiger partial charge >= 0.3 is 0 Å². The van der Waals surface area contributed by atoms with Crippen LogP contribution in [-0.4, -0.2) is 47.1 Å². The Bertz CT molecular complexity index is 1350. The first-order chi connectivity index (χ1) is 15.9. The van der Waals surface area contributed by atoms with Crippen molar-refractivity contribution in [3.05, 3.63) is 75.8 Å². The number of hydrogen-bond donors (Lipinski definition) is 0. The van der Waals surface area contributed by atoms with Gasteiger partial charge in [-0.05, 0) is 43.3 Å². The Labute approximate surface area is 199 Å². The molecule has 6 nitrogen and oxygen atoms in total. The number of amides is 1. The van der Waals surface area contributed by atoms with Crippen LogP contribution in [0.4, 0.5) is 10.1 Å². The minimum absolute atomic E-state index is 0.0694. The highest BCUT2D eigenvalue weighted by atomic mass is 35.5. The summed E-state index contributed by atoms with van der Waals surface area (Å²) >= 11 is 12.3. The lowest BCUT2D eigenvalue weighted by atomic mass is 10.0. The van der Waals surface area contributed by atoms with Crippen molar-refractivity contribution in [1.29, 1.82) is 0 Å². The standard InChI is InChI=1S/C24H19Cl2FN4O2/c1-14-21(23(29-33-14)22-17(26)3-2-4-18(22)27)24(32)31-11-9-30(10-12-31)20-7-8-28-19-13-15(25)5-6-16(19)20/h2-8,13H,9-12H2,1H3. The number of carbonyl (C=O) groups excluding carboxylic acids is 1. The van der Waals surface area contributed by atoms with Gasteiger partial charge in [-0.15, -0.1) is 0 Å². The zero-order chi connectivity index (χ0) is 23.1. The lowest BCUT2D eigenvalue weighted by molar-refractivity contribution is 0.0745. The molecule has 2 aromatic carbocycles. The van der Waals surface area contributed by atoms with E-state index in [1.807, 2.05) is 24.3 Å². The van der Waals surface area contributed by atoms with E-state index in [-0.39, 0.29) is 27.8 Å². The first kappa shape index (κ1) is 21.7. The lowest BCUT2D eigenvalue weighted by Gasteiger charge is -2.36.